The SMILES string of the molecule is CCCOc1nc(-c2ccccc2)n(S(=O)(=O)c2cccc3ccccc23)n1. The van der Waals surface area contributed by atoms with Crippen molar-refractivity contribution in [1.29, 1.82) is 0 Å². The van der Waals surface area contributed by atoms with Crippen molar-refractivity contribution in [3.8, 4) is 17.4 Å². The third kappa shape index (κ3) is 3.25. The Morgan fingerprint density at radius 1 is 0.929 bits per heavy atom. The number of ether oxygens (including phenoxy) is 1. The van der Waals surface area contributed by atoms with Crippen LogP contribution in [0.25, 0.3) is 22.2 Å². The fourth-order valence-corrected chi connectivity index (χ4v) is 4.43. The molecular weight excluding hydrogens is 374 g/mol. The summed E-state index contributed by atoms with van der Waals surface area (Å²) in [5, 5.41) is 5.65. The van der Waals surface area contributed by atoms with Crippen LogP contribution in [0.3, 0.4) is 0 Å². The molecule has 0 radical (unpaired) electrons. The Hall–Kier alpha value is -3.19. The summed E-state index contributed by atoms with van der Waals surface area (Å²) < 4.78 is 33.5. The molecule has 0 saturated carbocycles. The van der Waals surface area contributed by atoms with Gasteiger partial charge in [-0.2, -0.15) is 13.4 Å². The minimum absolute atomic E-state index is 0.0458. The number of benzene rings is 3. The maximum absolute atomic E-state index is 13.5. The van der Waals surface area contributed by atoms with E-state index in [0.717, 1.165) is 15.9 Å². The van der Waals surface area contributed by atoms with E-state index < -0.39 is 10.0 Å². The molecule has 7 heteroatoms. The molecule has 0 unspecified atom stereocenters. The summed E-state index contributed by atoms with van der Waals surface area (Å²) in [7, 11) is -3.99. The molecule has 1 heterocycles. The van der Waals surface area contributed by atoms with Crippen LogP contribution in [-0.4, -0.2) is 29.2 Å². The van der Waals surface area contributed by atoms with Crippen molar-refractivity contribution in [2.45, 2.75) is 18.2 Å². The Morgan fingerprint density at radius 2 is 1.64 bits per heavy atom. The van der Waals surface area contributed by atoms with Gasteiger partial charge in [0.05, 0.1) is 11.5 Å². The Bertz CT molecular complexity index is 1210. The lowest BCUT2D eigenvalue weighted by molar-refractivity contribution is 0.293. The minimum atomic E-state index is -3.99. The van der Waals surface area contributed by atoms with Gasteiger partial charge in [0.25, 0.3) is 10.0 Å². The molecule has 0 fully saturated rings. The third-order valence-corrected chi connectivity index (χ3v) is 5.90. The topological polar surface area (TPSA) is 74.1 Å². The van der Waals surface area contributed by atoms with Gasteiger partial charge in [0, 0.05) is 10.9 Å². The lowest BCUT2D eigenvalue weighted by atomic mass is 10.1. The summed E-state index contributed by atoms with van der Waals surface area (Å²) in [6, 6.07) is 21.7. The zero-order chi connectivity index (χ0) is 19.6. The highest BCUT2D eigenvalue weighted by Gasteiger charge is 2.27. The van der Waals surface area contributed by atoms with Crippen LogP contribution < -0.4 is 4.74 Å². The van der Waals surface area contributed by atoms with Gasteiger partial charge in [0.15, 0.2) is 5.82 Å². The van der Waals surface area contributed by atoms with E-state index in [9.17, 15) is 8.42 Å². The van der Waals surface area contributed by atoms with Crippen molar-refractivity contribution < 1.29 is 13.2 Å². The Balaban J connectivity index is 1.92. The molecule has 0 N–H and O–H groups in total. The van der Waals surface area contributed by atoms with Gasteiger partial charge in [-0.25, -0.2) is 0 Å². The highest BCUT2D eigenvalue weighted by atomic mass is 32.2. The predicted molar refractivity (Wildman–Crippen MR) is 108 cm³/mol. The molecule has 3 aromatic carbocycles. The molecule has 28 heavy (non-hydrogen) atoms. The second kappa shape index (κ2) is 7.44. The van der Waals surface area contributed by atoms with Gasteiger partial charge in [0.1, 0.15) is 0 Å². The van der Waals surface area contributed by atoms with Gasteiger partial charge < -0.3 is 4.74 Å². The summed E-state index contributed by atoms with van der Waals surface area (Å²) in [6.07, 6.45) is 0.769. The van der Waals surface area contributed by atoms with Gasteiger partial charge >= 0.3 is 6.01 Å². The average Bonchev–Trinajstić information content (AvgIpc) is 3.17. The zero-order valence-corrected chi connectivity index (χ0v) is 16.1. The standard InChI is InChI=1S/C21H19N3O3S/c1-2-15-27-21-22-20(17-10-4-3-5-11-17)24(23-21)28(25,26)19-14-8-12-16-9-6-7-13-18(16)19/h3-14H,2,15H2,1H3. The van der Waals surface area contributed by atoms with E-state index in [1.807, 2.05) is 49.4 Å². The summed E-state index contributed by atoms with van der Waals surface area (Å²) in [5.41, 5.74) is 0.644. The van der Waals surface area contributed by atoms with Crippen molar-refractivity contribution in [2.24, 2.45) is 0 Å². The summed E-state index contributed by atoms with van der Waals surface area (Å²) in [6.45, 7) is 2.37. The Labute approximate surface area is 163 Å². The zero-order valence-electron chi connectivity index (χ0n) is 15.3. The minimum Gasteiger partial charge on any atom is -0.462 e. The first kappa shape index (κ1) is 18.2. The normalized spacial score (nSPS) is 11.6. The van der Waals surface area contributed by atoms with Crippen molar-refractivity contribution in [2.75, 3.05) is 6.61 Å². The van der Waals surface area contributed by atoms with Gasteiger partial charge in [-0.05, 0) is 17.9 Å². The summed E-state index contributed by atoms with van der Waals surface area (Å²) >= 11 is 0. The molecule has 0 atom stereocenters. The number of nitrogens with zero attached hydrogens (tertiary/aromatic N) is 3. The van der Waals surface area contributed by atoms with E-state index in [1.54, 1.807) is 30.3 Å². The second-order valence-corrected chi connectivity index (χ2v) is 7.99. The van der Waals surface area contributed by atoms with Gasteiger partial charge in [-0.1, -0.05) is 78.8 Å². The third-order valence-electron chi connectivity index (χ3n) is 4.28. The first-order valence-corrected chi connectivity index (χ1v) is 10.4. The van der Waals surface area contributed by atoms with E-state index in [1.165, 1.54) is 0 Å². The average molecular weight is 393 g/mol. The number of rotatable bonds is 6. The molecular formula is C21H19N3O3S. The van der Waals surface area contributed by atoms with E-state index in [0.29, 0.717) is 17.6 Å². The van der Waals surface area contributed by atoms with Gasteiger partial charge in [0.2, 0.25) is 0 Å². The molecule has 6 nitrogen and oxygen atoms in total. The number of aromatic nitrogens is 3. The fraction of sp³-hybridized carbons (Fsp3) is 0.143. The van der Waals surface area contributed by atoms with Crippen LogP contribution in [0.2, 0.25) is 0 Å². The van der Waals surface area contributed by atoms with Crippen LogP contribution in [0, 0.1) is 0 Å². The highest BCUT2D eigenvalue weighted by molar-refractivity contribution is 7.90. The van der Waals surface area contributed by atoms with Crippen LogP contribution in [0.4, 0.5) is 0 Å². The summed E-state index contributed by atoms with van der Waals surface area (Å²) in [4.78, 5) is 4.52. The molecule has 0 amide bonds. The van der Waals surface area contributed by atoms with E-state index in [-0.39, 0.29) is 16.7 Å². The quantitative estimate of drug-likeness (QED) is 0.492. The molecule has 0 spiro atoms. The maximum Gasteiger partial charge on any atom is 0.337 e. The van der Waals surface area contributed by atoms with Crippen LogP contribution in [0.5, 0.6) is 6.01 Å². The molecule has 1 aromatic heterocycles. The molecule has 142 valence electrons. The van der Waals surface area contributed by atoms with Gasteiger partial charge in [-0.3, -0.25) is 0 Å². The number of hydrogen-bond donors (Lipinski definition) is 0. The van der Waals surface area contributed by atoms with Crippen LogP contribution >= 0.6 is 0 Å². The van der Waals surface area contributed by atoms with Crippen LogP contribution in [0.1, 0.15) is 13.3 Å². The number of hydrogen-bond acceptors (Lipinski definition) is 5. The van der Waals surface area contributed by atoms with Crippen LogP contribution in [0.15, 0.2) is 77.7 Å². The lowest BCUT2D eigenvalue weighted by Crippen LogP contribution is -2.16. The van der Waals surface area contributed by atoms with E-state index in [4.69, 9.17) is 4.74 Å². The molecule has 0 aliphatic rings. The predicted octanol–water partition coefficient (Wildman–Crippen LogP) is 4.12. The Morgan fingerprint density at radius 3 is 2.43 bits per heavy atom. The smallest absolute Gasteiger partial charge is 0.337 e. The molecule has 0 bridgehead atoms. The Kier molecular flexibility index (Phi) is 4.83. The van der Waals surface area contributed by atoms with E-state index in [2.05, 4.69) is 10.1 Å². The molecule has 4 rings (SSSR count). The first-order chi connectivity index (χ1) is 13.6. The van der Waals surface area contributed by atoms with E-state index >= 15 is 0 Å². The lowest BCUT2D eigenvalue weighted by Gasteiger charge is -2.10. The maximum atomic E-state index is 13.5. The molecule has 0 aliphatic heterocycles. The highest BCUT2D eigenvalue weighted by Crippen LogP contribution is 2.28. The molecule has 0 aliphatic carbocycles. The van der Waals surface area contributed by atoms with Gasteiger partial charge in [-0.15, -0.1) is 4.09 Å². The first-order valence-electron chi connectivity index (χ1n) is 9.00. The largest absolute Gasteiger partial charge is 0.462 e. The van der Waals surface area contributed by atoms with Crippen molar-refractivity contribution in [1.82, 2.24) is 14.2 Å². The monoisotopic (exact) mass is 393 g/mol. The number of fused-ring (bicyclic) bond motifs is 1. The van der Waals surface area contributed by atoms with Crippen molar-refractivity contribution >= 4 is 20.8 Å². The second-order valence-electron chi connectivity index (χ2n) is 6.26. The van der Waals surface area contributed by atoms with Crippen molar-refractivity contribution in [3.05, 3.63) is 72.8 Å². The molecule has 4 aromatic rings. The summed E-state index contributed by atoms with van der Waals surface area (Å²) in [5.74, 6) is 0.222. The fourth-order valence-electron chi connectivity index (χ4n) is 2.98. The molecule has 0 saturated heterocycles. The van der Waals surface area contributed by atoms with Crippen molar-refractivity contribution in [3.63, 3.8) is 0 Å². The van der Waals surface area contributed by atoms with Crippen LogP contribution in [-0.2, 0) is 10.0 Å².